The number of ether oxygens (including phenoxy) is 1. The molecule has 2 aromatic carbocycles. The van der Waals surface area contributed by atoms with Crippen LogP contribution >= 0.6 is 0 Å². The molecule has 2 rings (SSSR count). The Labute approximate surface area is 135 Å². The van der Waals surface area contributed by atoms with E-state index in [4.69, 9.17) is 4.74 Å². The van der Waals surface area contributed by atoms with Crippen LogP contribution in [-0.4, -0.2) is 25.5 Å². The maximum Gasteiger partial charge on any atom is 0.250 e. The minimum atomic E-state index is -0.227. The summed E-state index contributed by atoms with van der Waals surface area (Å²) in [5, 5.41) is 5.43. The topological polar surface area (TPSA) is 67.4 Å². The van der Waals surface area contributed by atoms with Crippen molar-refractivity contribution in [1.82, 2.24) is 0 Å². The van der Waals surface area contributed by atoms with E-state index in [1.54, 1.807) is 30.3 Å². The molecule has 2 aromatic rings. The molecule has 23 heavy (non-hydrogen) atoms. The van der Waals surface area contributed by atoms with Crippen molar-refractivity contribution in [3.63, 3.8) is 0 Å². The van der Waals surface area contributed by atoms with Crippen molar-refractivity contribution in [3.8, 4) is 0 Å². The maximum absolute atomic E-state index is 11.8. The first-order valence-electron chi connectivity index (χ1n) is 7.10. The number of hydrogen-bond donors (Lipinski definition) is 2. The third-order valence-electron chi connectivity index (χ3n) is 2.94. The first-order valence-corrected chi connectivity index (χ1v) is 7.10. The van der Waals surface area contributed by atoms with Crippen LogP contribution in [0.3, 0.4) is 0 Å². The summed E-state index contributed by atoms with van der Waals surface area (Å²) in [5.74, 6) is -0.444. The molecule has 2 amide bonds. The van der Waals surface area contributed by atoms with Gasteiger partial charge in [0.15, 0.2) is 0 Å². The van der Waals surface area contributed by atoms with Crippen molar-refractivity contribution >= 4 is 29.3 Å². The number of amides is 2. The van der Waals surface area contributed by atoms with E-state index in [2.05, 4.69) is 10.6 Å². The van der Waals surface area contributed by atoms with Gasteiger partial charge in [-0.1, -0.05) is 30.3 Å². The van der Waals surface area contributed by atoms with Crippen LogP contribution in [0, 0.1) is 0 Å². The highest BCUT2D eigenvalue weighted by atomic mass is 16.5. The Morgan fingerprint density at radius 2 is 1.57 bits per heavy atom. The summed E-state index contributed by atoms with van der Waals surface area (Å²) in [6, 6.07) is 16.4. The van der Waals surface area contributed by atoms with Crippen LogP contribution in [0.1, 0.15) is 5.56 Å². The van der Waals surface area contributed by atoms with E-state index in [1.165, 1.54) is 13.2 Å². The molecule has 0 aliphatic carbocycles. The first kappa shape index (κ1) is 16.5. The van der Waals surface area contributed by atoms with E-state index < -0.39 is 0 Å². The highest BCUT2D eigenvalue weighted by Gasteiger charge is 2.02. The fourth-order valence-corrected chi connectivity index (χ4v) is 1.89. The van der Waals surface area contributed by atoms with Gasteiger partial charge in [0.25, 0.3) is 0 Å². The van der Waals surface area contributed by atoms with Crippen LogP contribution in [0.15, 0.2) is 60.7 Å². The van der Waals surface area contributed by atoms with E-state index in [9.17, 15) is 9.59 Å². The molecule has 0 bridgehead atoms. The summed E-state index contributed by atoms with van der Waals surface area (Å²) in [7, 11) is 1.46. The van der Waals surface area contributed by atoms with Crippen LogP contribution in [0.2, 0.25) is 0 Å². The molecule has 0 heterocycles. The van der Waals surface area contributed by atoms with Gasteiger partial charge in [-0.15, -0.1) is 0 Å². The van der Waals surface area contributed by atoms with Crippen molar-refractivity contribution in [1.29, 1.82) is 0 Å². The zero-order chi connectivity index (χ0) is 16.5. The molecule has 0 aliphatic heterocycles. The van der Waals surface area contributed by atoms with E-state index in [0.717, 1.165) is 5.56 Å². The van der Waals surface area contributed by atoms with Gasteiger partial charge in [0, 0.05) is 24.6 Å². The van der Waals surface area contributed by atoms with Gasteiger partial charge in [-0.05, 0) is 35.9 Å². The highest BCUT2D eigenvalue weighted by Crippen LogP contribution is 2.13. The zero-order valence-corrected chi connectivity index (χ0v) is 12.8. The molecule has 0 radical (unpaired) electrons. The average molecular weight is 310 g/mol. The number of methoxy groups -OCH3 is 1. The predicted molar refractivity (Wildman–Crippen MR) is 91.1 cm³/mol. The Morgan fingerprint density at radius 1 is 0.957 bits per heavy atom. The molecule has 0 aliphatic rings. The summed E-state index contributed by atoms with van der Waals surface area (Å²) < 4.78 is 4.74. The summed E-state index contributed by atoms with van der Waals surface area (Å²) in [4.78, 5) is 23.2. The van der Waals surface area contributed by atoms with Gasteiger partial charge in [-0.25, -0.2) is 0 Å². The van der Waals surface area contributed by atoms with Crippen LogP contribution in [0.5, 0.6) is 0 Å². The quantitative estimate of drug-likeness (QED) is 0.806. The second kappa shape index (κ2) is 8.51. The summed E-state index contributed by atoms with van der Waals surface area (Å²) in [5.41, 5.74) is 2.25. The normalized spacial score (nSPS) is 10.5. The van der Waals surface area contributed by atoms with Gasteiger partial charge in [-0.2, -0.15) is 0 Å². The van der Waals surface area contributed by atoms with Crippen molar-refractivity contribution in [2.45, 2.75) is 0 Å². The third-order valence-corrected chi connectivity index (χ3v) is 2.94. The van der Waals surface area contributed by atoms with Crippen LogP contribution in [-0.2, 0) is 14.3 Å². The monoisotopic (exact) mass is 310 g/mol. The van der Waals surface area contributed by atoms with Gasteiger partial charge in [-0.3, -0.25) is 9.59 Å². The maximum atomic E-state index is 11.8. The molecule has 5 nitrogen and oxygen atoms in total. The van der Waals surface area contributed by atoms with Gasteiger partial charge < -0.3 is 15.4 Å². The molecular formula is C18H18N2O3. The Kier molecular flexibility index (Phi) is 6.08. The molecule has 0 spiro atoms. The Hall–Kier alpha value is -2.92. The van der Waals surface area contributed by atoms with Gasteiger partial charge >= 0.3 is 0 Å². The van der Waals surface area contributed by atoms with E-state index in [1.807, 2.05) is 30.3 Å². The largest absolute Gasteiger partial charge is 0.375 e. The number of rotatable bonds is 6. The summed E-state index contributed by atoms with van der Waals surface area (Å²) in [6.45, 7) is 0.00275. The molecule has 0 aromatic heterocycles. The molecule has 0 unspecified atom stereocenters. The van der Waals surface area contributed by atoms with Gasteiger partial charge in [0.05, 0.1) is 0 Å². The van der Waals surface area contributed by atoms with E-state index in [-0.39, 0.29) is 18.4 Å². The fourth-order valence-electron chi connectivity index (χ4n) is 1.89. The number of nitrogens with one attached hydrogen (secondary N) is 2. The molecule has 5 heteroatoms. The number of hydrogen-bond acceptors (Lipinski definition) is 3. The number of carbonyl (C=O) groups excluding carboxylic acids is 2. The van der Waals surface area contributed by atoms with Crippen molar-refractivity contribution < 1.29 is 14.3 Å². The van der Waals surface area contributed by atoms with Crippen molar-refractivity contribution in [2.24, 2.45) is 0 Å². The highest BCUT2D eigenvalue weighted by molar-refractivity contribution is 6.02. The van der Waals surface area contributed by atoms with Crippen molar-refractivity contribution in [2.75, 3.05) is 24.4 Å². The lowest BCUT2D eigenvalue weighted by atomic mass is 10.2. The average Bonchev–Trinajstić information content (AvgIpc) is 2.56. The van der Waals surface area contributed by atoms with E-state index in [0.29, 0.717) is 11.4 Å². The molecule has 0 atom stereocenters. The van der Waals surface area contributed by atoms with Crippen molar-refractivity contribution in [3.05, 3.63) is 66.2 Å². The molecule has 0 saturated heterocycles. The Bertz CT molecular complexity index is 679. The first-order chi connectivity index (χ1) is 11.2. The fraction of sp³-hybridized carbons (Fsp3) is 0.111. The lowest BCUT2D eigenvalue weighted by Gasteiger charge is -2.06. The van der Waals surface area contributed by atoms with Crippen LogP contribution < -0.4 is 10.6 Å². The summed E-state index contributed by atoms with van der Waals surface area (Å²) in [6.07, 6.45) is 3.22. The molecular weight excluding hydrogens is 292 g/mol. The van der Waals surface area contributed by atoms with Crippen LogP contribution in [0.4, 0.5) is 11.4 Å². The van der Waals surface area contributed by atoms with E-state index >= 15 is 0 Å². The number of carbonyl (C=O) groups is 2. The smallest absolute Gasteiger partial charge is 0.250 e. The van der Waals surface area contributed by atoms with Crippen LogP contribution in [0.25, 0.3) is 6.08 Å². The Morgan fingerprint density at radius 3 is 2.17 bits per heavy atom. The minimum absolute atomic E-state index is 0.00275. The lowest BCUT2D eigenvalue weighted by molar-refractivity contribution is -0.119. The standard InChI is InChI=1S/C18H18N2O3/c1-23-13-18(22)20-16-10-8-15(9-11-16)19-17(21)12-7-14-5-3-2-4-6-14/h2-12H,13H2,1H3,(H,19,21)(H,20,22)/b12-7+. The number of benzene rings is 2. The SMILES string of the molecule is COCC(=O)Nc1ccc(NC(=O)/C=C/c2ccccc2)cc1. The second-order valence-electron chi connectivity index (χ2n) is 4.79. The molecule has 0 fully saturated rings. The minimum Gasteiger partial charge on any atom is -0.375 e. The lowest BCUT2D eigenvalue weighted by Crippen LogP contribution is -2.17. The molecule has 2 N–H and O–H groups in total. The molecule has 118 valence electrons. The zero-order valence-electron chi connectivity index (χ0n) is 12.8. The summed E-state index contributed by atoms with van der Waals surface area (Å²) >= 11 is 0. The van der Waals surface area contributed by atoms with Gasteiger partial charge in [0.1, 0.15) is 6.61 Å². The third kappa shape index (κ3) is 5.76. The molecule has 0 saturated carbocycles. The number of anilines is 2. The Balaban J connectivity index is 1.89. The van der Waals surface area contributed by atoms with Gasteiger partial charge in [0.2, 0.25) is 11.8 Å². The second-order valence-corrected chi connectivity index (χ2v) is 4.79. The predicted octanol–water partition coefficient (Wildman–Crippen LogP) is 2.92.